The highest BCUT2D eigenvalue weighted by Crippen LogP contribution is 2.28. The van der Waals surface area contributed by atoms with Crippen molar-refractivity contribution >= 4 is 39.1 Å². The van der Waals surface area contributed by atoms with Crippen molar-refractivity contribution in [2.75, 3.05) is 18.1 Å². The number of rotatable bonds is 2. The zero-order chi connectivity index (χ0) is 14.2. The minimum absolute atomic E-state index is 0.210. The molecule has 1 fully saturated rings. The third-order valence-corrected chi connectivity index (χ3v) is 3.68. The SMILES string of the molecule is CN1C(=O)CCC(Nc2cc(F)c(Br)cc2N)C1=O. The van der Waals surface area contributed by atoms with Gasteiger partial charge in [-0.1, -0.05) is 0 Å². The molecular weight excluding hydrogens is 317 g/mol. The fourth-order valence-corrected chi connectivity index (χ4v) is 2.29. The van der Waals surface area contributed by atoms with Gasteiger partial charge in [0.1, 0.15) is 11.9 Å². The Hall–Kier alpha value is -1.63. The van der Waals surface area contributed by atoms with Crippen molar-refractivity contribution in [1.29, 1.82) is 0 Å². The molecule has 0 aliphatic carbocycles. The summed E-state index contributed by atoms with van der Waals surface area (Å²) >= 11 is 3.03. The third-order valence-electron chi connectivity index (χ3n) is 3.07. The highest BCUT2D eigenvalue weighted by Gasteiger charge is 2.31. The average molecular weight is 330 g/mol. The molecule has 19 heavy (non-hydrogen) atoms. The summed E-state index contributed by atoms with van der Waals surface area (Å²) in [6.07, 6.45) is 0.651. The Balaban J connectivity index is 2.20. The number of nitrogens with zero attached hydrogens (tertiary/aromatic N) is 1. The Morgan fingerprint density at radius 2 is 2.16 bits per heavy atom. The van der Waals surface area contributed by atoms with Crippen molar-refractivity contribution in [2.45, 2.75) is 18.9 Å². The van der Waals surface area contributed by atoms with Crippen LogP contribution >= 0.6 is 15.9 Å². The van der Waals surface area contributed by atoms with Gasteiger partial charge < -0.3 is 11.1 Å². The second-order valence-corrected chi connectivity index (χ2v) is 5.23. The van der Waals surface area contributed by atoms with E-state index in [2.05, 4.69) is 21.2 Å². The van der Waals surface area contributed by atoms with E-state index in [1.54, 1.807) is 0 Å². The Morgan fingerprint density at radius 1 is 1.47 bits per heavy atom. The summed E-state index contributed by atoms with van der Waals surface area (Å²) in [6, 6.07) is 2.09. The molecule has 1 atom stereocenters. The van der Waals surface area contributed by atoms with Gasteiger partial charge >= 0.3 is 0 Å². The Labute approximate surface area is 118 Å². The summed E-state index contributed by atoms with van der Waals surface area (Å²) < 4.78 is 13.7. The summed E-state index contributed by atoms with van der Waals surface area (Å²) in [6.45, 7) is 0. The van der Waals surface area contributed by atoms with Crippen LogP contribution < -0.4 is 11.1 Å². The fraction of sp³-hybridized carbons (Fsp3) is 0.333. The molecule has 1 aromatic rings. The van der Waals surface area contributed by atoms with E-state index < -0.39 is 11.9 Å². The lowest BCUT2D eigenvalue weighted by Crippen LogP contribution is -2.48. The number of benzene rings is 1. The van der Waals surface area contributed by atoms with E-state index in [4.69, 9.17) is 5.73 Å². The van der Waals surface area contributed by atoms with E-state index in [9.17, 15) is 14.0 Å². The maximum atomic E-state index is 13.5. The first kappa shape index (κ1) is 13.8. The quantitative estimate of drug-likeness (QED) is 0.640. The summed E-state index contributed by atoms with van der Waals surface area (Å²) in [5.41, 5.74) is 6.45. The maximum absolute atomic E-state index is 13.5. The number of nitrogen functional groups attached to an aromatic ring is 1. The number of halogens is 2. The third kappa shape index (κ3) is 2.70. The molecule has 7 heteroatoms. The second kappa shape index (κ2) is 5.16. The van der Waals surface area contributed by atoms with Crippen LogP contribution in [0.25, 0.3) is 0 Å². The molecule has 0 bridgehead atoms. The molecule has 0 spiro atoms. The number of hydrogen-bond donors (Lipinski definition) is 2. The zero-order valence-corrected chi connectivity index (χ0v) is 11.8. The van der Waals surface area contributed by atoms with Crippen LogP contribution in [0, 0.1) is 5.82 Å². The van der Waals surface area contributed by atoms with Gasteiger partial charge in [0.05, 0.1) is 15.8 Å². The summed E-state index contributed by atoms with van der Waals surface area (Å²) in [4.78, 5) is 24.3. The molecule has 2 amide bonds. The average Bonchev–Trinajstić information content (AvgIpc) is 2.36. The Bertz CT molecular complexity index is 550. The smallest absolute Gasteiger partial charge is 0.251 e. The largest absolute Gasteiger partial charge is 0.397 e. The molecule has 2 rings (SSSR count). The predicted octanol–water partition coefficient (Wildman–Crippen LogP) is 1.73. The molecule has 3 N–H and O–H groups in total. The highest BCUT2D eigenvalue weighted by atomic mass is 79.9. The Morgan fingerprint density at radius 3 is 2.84 bits per heavy atom. The maximum Gasteiger partial charge on any atom is 0.251 e. The normalized spacial score (nSPS) is 19.7. The monoisotopic (exact) mass is 329 g/mol. The summed E-state index contributed by atoms with van der Waals surface area (Å²) in [5, 5.41) is 2.89. The molecule has 1 aliphatic rings. The topological polar surface area (TPSA) is 75.4 Å². The molecule has 0 saturated carbocycles. The standard InChI is InChI=1S/C12H13BrFN3O2/c1-17-11(18)3-2-9(12(17)19)16-10-5-7(14)6(13)4-8(10)15/h4-5,9,16H,2-3,15H2,1H3. The number of nitrogens with two attached hydrogens (primary N) is 1. The lowest BCUT2D eigenvalue weighted by atomic mass is 10.0. The van der Waals surface area contributed by atoms with Gasteiger partial charge in [-0.2, -0.15) is 0 Å². The van der Waals surface area contributed by atoms with Gasteiger partial charge in [0.25, 0.3) is 5.91 Å². The molecule has 1 aromatic carbocycles. The second-order valence-electron chi connectivity index (χ2n) is 4.38. The lowest BCUT2D eigenvalue weighted by molar-refractivity contribution is -0.146. The molecule has 1 heterocycles. The minimum atomic E-state index is -0.564. The van der Waals surface area contributed by atoms with Gasteiger partial charge in [-0.25, -0.2) is 4.39 Å². The molecule has 0 radical (unpaired) electrons. The first-order valence-corrected chi connectivity index (χ1v) is 6.51. The van der Waals surface area contributed by atoms with E-state index in [0.29, 0.717) is 17.8 Å². The van der Waals surface area contributed by atoms with Gasteiger partial charge in [0, 0.05) is 19.5 Å². The van der Waals surface area contributed by atoms with Gasteiger partial charge in [-0.3, -0.25) is 14.5 Å². The number of carbonyl (C=O) groups excluding carboxylic acids is 2. The van der Waals surface area contributed by atoms with Crippen LogP contribution in [-0.2, 0) is 9.59 Å². The van der Waals surface area contributed by atoms with Crippen LogP contribution in [0.15, 0.2) is 16.6 Å². The Kier molecular flexibility index (Phi) is 3.75. The number of piperidine rings is 1. The van der Waals surface area contributed by atoms with Crippen LogP contribution in [-0.4, -0.2) is 29.8 Å². The van der Waals surface area contributed by atoms with Gasteiger partial charge in [0.15, 0.2) is 0 Å². The van der Waals surface area contributed by atoms with Gasteiger partial charge in [0.2, 0.25) is 5.91 Å². The van der Waals surface area contributed by atoms with Crippen molar-refractivity contribution < 1.29 is 14.0 Å². The lowest BCUT2D eigenvalue weighted by Gasteiger charge is -2.29. The van der Waals surface area contributed by atoms with E-state index in [-0.39, 0.29) is 22.7 Å². The van der Waals surface area contributed by atoms with Crippen molar-refractivity contribution in [3.05, 3.63) is 22.4 Å². The van der Waals surface area contributed by atoms with Gasteiger partial charge in [-0.05, 0) is 28.4 Å². The van der Waals surface area contributed by atoms with Crippen LogP contribution in [0.2, 0.25) is 0 Å². The summed E-state index contributed by atoms with van der Waals surface area (Å²) in [5.74, 6) is -1.01. The summed E-state index contributed by atoms with van der Waals surface area (Å²) in [7, 11) is 1.43. The molecule has 5 nitrogen and oxygen atoms in total. The van der Waals surface area contributed by atoms with E-state index in [1.165, 1.54) is 19.2 Å². The molecule has 0 aromatic heterocycles. The van der Waals surface area contributed by atoms with E-state index >= 15 is 0 Å². The highest BCUT2D eigenvalue weighted by molar-refractivity contribution is 9.10. The van der Waals surface area contributed by atoms with Crippen molar-refractivity contribution in [2.24, 2.45) is 0 Å². The van der Waals surface area contributed by atoms with Crippen LogP contribution in [0.3, 0.4) is 0 Å². The molecular formula is C12H13BrFN3O2. The number of carbonyl (C=O) groups is 2. The first-order chi connectivity index (χ1) is 8.90. The molecule has 102 valence electrons. The van der Waals surface area contributed by atoms with E-state index in [1.807, 2.05) is 0 Å². The van der Waals surface area contributed by atoms with Crippen molar-refractivity contribution in [1.82, 2.24) is 4.90 Å². The number of anilines is 2. The number of amides is 2. The van der Waals surface area contributed by atoms with Crippen LogP contribution in [0.4, 0.5) is 15.8 Å². The van der Waals surface area contributed by atoms with E-state index in [0.717, 1.165) is 4.90 Å². The van der Waals surface area contributed by atoms with Crippen LogP contribution in [0.1, 0.15) is 12.8 Å². The zero-order valence-electron chi connectivity index (χ0n) is 10.2. The minimum Gasteiger partial charge on any atom is -0.397 e. The van der Waals surface area contributed by atoms with Crippen LogP contribution in [0.5, 0.6) is 0 Å². The first-order valence-electron chi connectivity index (χ1n) is 5.71. The molecule has 1 unspecified atom stereocenters. The number of hydrogen-bond acceptors (Lipinski definition) is 4. The van der Waals surface area contributed by atoms with Crippen molar-refractivity contribution in [3.8, 4) is 0 Å². The fourth-order valence-electron chi connectivity index (χ4n) is 1.92. The van der Waals surface area contributed by atoms with Gasteiger partial charge in [-0.15, -0.1) is 0 Å². The predicted molar refractivity (Wildman–Crippen MR) is 72.9 cm³/mol. The number of nitrogens with one attached hydrogen (secondary N) is 1. The number of likely N-dealkylation sites (N-methyl/N-ethyl adjacent to an activating group) is 1. The molecule has 1 saturated heterocycles. The van der Waals surface area contributed by atoms with Crippen molar-refractivity contribution in [3.63, 3.8) is 0 Å². The molecule has 1 aliphatic heterocycles. The number of imide groups is 1. The number of likely N-dealkylation sites (tertiary alicyclic amines) is 1.